The number of phenols is 1. The number of benzene rings is 1. The Kier molecular flexibility index (Phi) is 4.24. The largest absolute Gasteiger partial charge is 0.502 e. The van der Waals surface area contributed by atoms with Crippen LogP contribution < -0.4 is 5.32 Å². The summed E-state index contributed by atoms with van der Waals surface area (Å²) in [6.45, 7) is 3.29. The molecule has 0 spiro atoms. The zero-order valence-corrected chi connectivity index (χ0v) is 13.0. The van der Waals surface area contributed by atoms with Crippen molar-refractivity contribution in [3.8, 4) is 5.75 Å². The van der Waals surface area contributed by atoms with E-state index in [-0.39, 0.29) is 10.6 Å². The van der Waals surface area contributed by atoms with Gasteiger partial charge in [-0.1, -0.05) is 18.5 Å². The third-order valence-electron chi connectivity index (χ3n) is 3.54. The van der Waals surface area contributed by atoms with E-state index >= 15 is 0 Å². The normalized spacial score (nSPS) is 21.1. The number of nitrogens with one attached hydrogen (secondary N) is 1. The van der Waals surface area contributed by atoms with Gasteiger partial charge in [0.2, 0.25) is 5.75 Å². The highest BCUT2D eigenvalue weighted by molar-refractivity contribution is 6.31. The fourth-order valence-corrected chi connectivity index (χ4v) is 2.20. The minimum atomic E-state index is -1.06. The highest BCUT2D eigenvalue weighted by Crippen LogP contribution is 2.32. The third-order valence-corrected chi connectivity index (χ3v) is 3.76. The second-order valence-electron chi connectivity index (χ2n) is 5.10. The van der Waals surface area contributed by atoms with Gasteiger partial charge in [0.25, 0.3) is 5.91 Å². The molecule has 23 heavy (non-hydrogen) atoms. The Hall–Kier alpha value is -2.68. The molecule has 0 unspecified atom stereocenters. The number of rotatable bonds is 4. The number of nitro benzene ring substituents is 1. The number of amides is 3. The number of nitro groups is 1. The predicted molar refractivity (Wildman–Crippen MR) is 81.4 cm³/mol. The molecule has 1 aliphatic heterocycles. The number of aromatic hydroxyl groups is 1. The lowest BCUT2D eigenvalue weighted by Crippen LogP contribution is -2.42. The highest BCUT2D eigenvalue weighted by atomic mass is 35.5. The predicted octanol–water partition coefficient (Wildman–Crippen LogP) is 2.01. The van der Waals surface area contributed by atoms with Crippen LogP contribution in [0.3, 0.4) is 0 Å². The molecule has 0 radical (unpaired) electrons. The molecule has 1 heterocycles. The average molecular weight is 341 g/mol. The van der Waals surface area contributed by atoms with E-state index in [1.165, 1.54) is 6.07 Å². The minimum Gasteiger partial charge on any atom is -0.502 e. The van der Waals surface area contributed by atoms with Gasteiger partial charge >= 0.3 is 11.7 Å². The maximum absolute atomic E-state index is 12.1. The molecule has 1 atom stereocenters. The summed E-state index contributed by atoms with van der Waals surface area (Å²) >= 11 is 5.75. The van der Waals surface area contributed by atoms with Gasteiger partial charge in [-0.25, -0.2) is 4.79 Å². The van der Waals surface area contributed by atoms with E-state index < -0.39 is 33.8 Å². The van der Waals surface area contributed by atoms with E-state index in [2.05, 4.69) is 10.4 Å². The molecule has 1 fully saturated rings. The summed E-state index contributed by atoms with van der Waals surface area (Å²) in [6.07, 6.45) is 1.34. The Balaban J connectivity index is 2.36. The van der Waals surface area contributed by atoms with Crippen molar-refractivity contribution in [2.24, 2.45) is 5.10 Å². The van der Waals surface area contributed by atoms with Crippen molar-refractivity contribution in [3.05, 3.63) is 32.8 Å². The number of phenolic OH excluding ortho intramolecular Hbond substituents is 1. The van der Waals surface area contributed by atoms with E-state index in [4.69, 9.17) is 11.6 Å². The quantitative estimate of drug-likeness (QED) is 0.375. The Morgan fingerprint density at radius 3 is 2.70 bits per heavy atom. The van der Waals surface area contributed by atoms with Crippen LogP contribution in [0.1, 0.15) is 25.8 Å². The molecule has 1 aliphatic rings. The molecule has 10 heteroatoms. The average Bonchev–Trinajstić information content (AvgIpc) is 2.70. The maximum atomic E-state index is 12.1. The number of carbonyl (C=O) groups excluding carboxylic acids is 2. The van der Waals surface area contributed by atoms with Crippen molar-refractivity contribution in [1.82, 2.24) is 10.3 Å². The van der Waals surface area contributed by atoms with Crippen LogP contribution in [0.25, 0.3) is 0 Å². The van der Waals surface area contributed by atoms with Crippen LogP contribution in [-0.4, -0.2) is 38.7 Å². The molecule has 0 aliphatic carbocycles. The molecule has 1 saturated heterocycles. The first-order valence-corrected chi connectivity index (χ1v) is 6.95. The number of hydrogen-bond acceptors (Lipinski definition) is 6. The summed E-state index contributed by atoms with van der Waals surface area (Å²) < 4.78 is 0. The lowest BCUT2D eigenvalue weighted by Gasteiger charge is -2.17. The van der Waals surface area contributed by atoms with Crippen LogP contribution in [-0.2, 0) is 4.79 Å². The van der Waals surface area contributed by atoms with Crippen molar-refractivity contribution in [2.75, 3.05) is 0 Å². The highest BCUT2D eigenvalue weighted by Gasteiger charge is 2.46. The van der Waals surface area contributed by atoms with Gasteiger partial charge in [-0.2, -0.15) is 5.10 Å². The second-order valence-corrected chi connectivity index (χ2v) is 5.53. The lowest BCUT2D eigenvalue weighted by molar-refractivity contribution is -0.385. The minimum absolute atomic E-state index is 0.00606. The summed E-state index contributed by atoms with van der Waals surface area (Å²) in [5, 5.41) is 27.5. The fraction of sp³-hybridized carbons (Fsp3) is 0.308. The van der Waals surface area contributed by atoms with E-state index in [1.54, 1.807) is 13.8 Å². The van der Waals surface area contributed by atoms with Crippen LogP contribution in [0.2, 0.25) is 5.02 Å². The number of carbonyl (C=O) groups is 2. The molecule has 0 aromatic heterocycles. The Bertz CT molecular complexity index is 735. The first kappa shape index (κ1) is 16.7. The Morgan fingerprint density at radius 2 is 2.17 bits per heavy atom. The molecule has 3 amide bonds. The van der Waals surface area contributed by atoms with Crippen LogP contribution >= 0.6 is 11.6 Å². The van der Waals surface area contributed by atoms with Gasteiger partial charge < -0.3 is 10.4 Å². The summed E-state index contributed by atoms with van der Waals surface area (Å²) in [4.78, 5) is 34.0. The summed E-state index contributed by atoms with van der Waals surface area (Å²) in [5.74, 6) is -1.22. The van der Waals surface area contributed by atoms with Gasteiger partial charge in [-0.05, 0) is 19.4 Å². The second kappa shape index (κ2) is 5.84. The zero-order valence-electron chi connectivity index (χ0n) is 12.2. The molecular weight excluding hydrogens is 328 g/mol. The van der Waals surface area contributed by atoms with Crippen LogP contribution in [0.15, 0.2) is 17.2 Å². The monoisotopic (exact) mass is 340 g/mol. The number of urea groups is 1. The van der Waals surface area contributed by atoms with Gasteiger partial charge in [0.05, 0.1) is 11.1 Å². The van der Waals surface area contributed by atoms with Crippen molar-refractivity contribution in [1.29, 1.82) is 0 Å². The lowest BCUT2D eigenvalue weighted by atomic mass is 10.00. The van der Waals surface area contributed by atoms with Crippen molar-refractivity contribution in [2.45, 2.75) is 25.8 Å². The van der Waals surface area contributed by atoms with Crippen molar-refractivity contribution >= 4 is 35.4 Å². The maximum Gasteiger partial charge on any atom is 0.346 e. The third kappa shape index (κ3) is 2.95. The van der Waals surface area contributed by atoms with Gasteiger partial charge in [0.1, 0.15) is 5.54 Å². The summed E-state index contributed by atoms with van der Waals surface area (Å²) in [7, 11) is 0. The summed E-state index contributed by atoms with van der Waals surface area (Å²) in [5.41, 5.74) is -1.75. The van der Waals surface area contributed by atoms with Gasteiger partial charge in [0, 0.05) is 16.7 Å². The van der Waals surface area contributed by atoms with Gasteiger partial charge in [0.15, 0.2) is 0 Å². The van der Waals surface area contributed by atoms with Gasteiger partial charge in [-0.3, -0.25) is 14.9 Å². The van der Waals surface area contributed by atoms with Crippen LogP contribution in [0, 0.1) is 10.1 Å². The van der Waals surface area contributed by atoms with Crippen molar-refractivity contribution < 1.29 is 19.6 Å². The van der Waals surface area contributed by atoms with Crippen LogP contribution in [0.5, 0.6) is 5.75 Å². The molecule has 1 aromatic rings. The number of nitrogens with zero attached hydrogens (tertiary/aromatic N) is 3. The topological polar surface area (TPSA) is 125 Å². The van der Waals surface area contributed by atoms with Crippen molar-refractivity contribution in [3.63, 3.8) is 0 Å². The number of hydrazone groups is 1. The molecule has 1 aromatic carbocycles. The molecule has 122 valence electrons. The van der Waals surface area contributed by atoms with Crippen LogP contribution in [0.4, 0.5) is 10.5 Å². The molecule has 0 saturated carbocycles. The molecular formula is C13H13ClN4O5. The Labute approximate surface area is 135 Å². The van der Waals surface area contributed by atoms with E-state index in [0.717, 1.165) is 12.3 Å². The number of imide groups is 1. The first-order valence-electron chi connectivity index (χ1n) is 6.57. The molecule has 0 bridgehead atoms. The standard InChI is InChI=1S/C13H13ClN4O5/c1-3-13(2)11(20)17(12(21)16-13)15-6-7-4-8(14)5-9(10(7)19)18(22)23/h4-6,19H,3H2,1-2H3,(H,16,21)/b15-6+/t13-/m1/s1. The molecule has 9 nitrogen and oxygen atoms in total. The zero-order chi connectivity index (χ0) is 17.4. The number of halogens is 1. The first-order chi connectivity index (χ1) is 10.7. The van der Waals surface area contributed by atoms with E-state index in [1.807, 2.05) is 0 Å². The summed E-state index contributed by atoms with van der Waals surface area (Å²) in [6, 6.07) is 1.49. The molecule has 2 N–H and O–H groups in total. The van der Waals surface area contributed by atoms with E-state index in [0.29, 0.717) is 11.4 Å². The van der Waals surface area contributed by atoms with Gasteiger partial charge in [-0.15, -0.1) is 5.01 Å². The smallest absolute Gasteiger partial charge is 0.346 e. The molecule has 2 rings (SSSR count). The SMILES string of the molecule is CC[C@@]1(C)NC(=O)N(/N=C/c2cc(Cl)cc([N+](=O)[O-])c2O)C1=O. The Morgan fingerprint density at radius 1 is 1.52 bits per heavy atom. The van der Waals surface area contributed by atoms with E-state index in [9.17, 15) is 24.8 Å². The number of hydrogen-bond donors (Lipinski definition) is 2. The fourth-order valence-electron chi connectivity index (χ4n) is 1.98.